The van der Waals surface area contributed by atoms with E-state index in [0.717, 1.165) is 63.0 Å². The molecule has 2 saturated carbocycles. The number of primary amides is 1. The van der Waals surface area contributed by atoms with Crippen LogP contribution in [0.5, 0.6) is 0 Å². The van der Waals surface area contributed by atoms with E-state index in [0.29, 0.717) is 11.8 Å². The summed E-state index contributed by atoms with van der Waals surface area (Å²) < 4.78 is 0. The Morgan fingerprint density at radius 3 is 2.20 bits per heavy atom. The molecule has 1 aliphatic heterocycles. The number of rotatable bonds is 4. The number of carbonyl (C=O) groups excluding carboxylic acids is 2. The van der Waals surface area contributed by atoms with Gasteiger partial charge in [-0.15, -0.1) is 24.8 Å². The highest BCUT2D eigenvalue weighted by molar-refractivity contribution is 5.93. The van der Waals surface area contributed by atoms with Gasteiger partial charge in [-0.05, 0) is 68.6 Å². The Balaban J connectivity index is 0.00000160. The van der Waals surface area contributed by atoms with Crippen LogP contribution >= 0.6 is 24.8 Å². The van der Waals surface area contributed by atoms with Crippen LogP contribution in [0.3, 0.4) is 0 Å². The van der Waals surface area contributed by atoms with Crippen molar-refractivity contribution in [2.24, 2.45) is 35.1 Å². The lowest BCUT2D eigenvalue weighted by Gasteiger charge is -2.43. The first kappa shape index (κ1) is 24.8. The van der Waals surface area contributed by atoms with Gasteiger partial charge in [0, 0.05) is 42.3 Å². The topological polar surface area (TPSA) is 101 Å². The molecule has 4 rings (SSSR count). The molecular weight excluding hydrogens is 423 g/mol. The molecule has 6 nitrogen and oxygen atoms in total. The minimum absolute atomic E-state index is 0. The van der Waals surface area contributed by atoms with E-state index in [2.05, 4.69) is 16.3 Å². The first-order valence-electron chi connectivity index (χ1n) is 10.7. The van der Waals surface area contributed by atoms with Crippen molar-refractivity contribution in [3.05, 3.63) is 24.3 Å². The first-order valence-corrected chi connectivity index (χ1v) is 10.7. The summed E-state index contributed by atoms with van der Waals surface area (Å²) in [7, 11) is 0. The number of nitrogens with zero attached hydrogens (tertiary/aromatic N) is 1. The summed E-state index contributed by atoms with van der Waals surface area (Å²) in [5, 5.41) is 3.14. The first-order chi connectivity index (χ1) is 13.5. The molecule has 0 aromatic heterocycles. The second kappa shape index (κ2) is 10.7. The third-order valence-corrected chi connectivity index (χ3v) is 7.16. The predicted octanol–water partition coefficient (Wildman–Crippen LogP) is 3.32. The molecule has 2 bridgehead atoms. The van der Waals surface area contributed by atoms with E-state index in [1.54, 1.807) is 0 Å². The molecule has 5 N–H and O–H groups in total. The number of nitrogens with one attached hydrogen (secondary N) is 1. The van der Waals surface area contributed by atoms with Gasteiger partial charge in [-0.3, -0.25) is 9.59 Å². The summed E-state index contributed by atoms with van der Waals surface area (Å²) in [4.78, 5) is 26.5. The normalized spacial score (nSPS) is 28.6. The van der Waals surface area contributed by atoms with E-state index in [-0.39, 0.29) is 54.5 Å². The molecule has 1 saturated heterocycles. The van der Waals surface area contributed by atoms with Crippen LogP contribution in [0.15, 0.2) is 24.3 Å². The van der Waals surface area contributed by atoms with Gasteiger partial charge in [-0.25, -0.2) is 0 Å². The minimum Gasteiger partial charge on any atom is -0.371 e. The number of fused-ring (bicyclic) bond motifs is 2. The Kier molecular flexibility index (Phi) is 8.83. The lowest BCUT2D eigenvalue weighted by molar-refractivity contribution is -0.123. The number of piperidine rings is 1. The van der Waals surface area contributed by atoms with Crippen molar-refractivity contribution in [2.45, 2.75) is 51.0 Å². The quantitative estimate of drug-likeness (QED) is 0.646. The van der Waals surface area contributed by atoms with Gasteiger partial charge in [0.25, 0.3) is 0 Å². The fourth-order valence-electron chi connectivity index (χ4n) is 5.45. The molecular formula is C22H34Cl2N4O2. The number of amides is 2. The Hall–Kier alpha value is -1.50. The third-order valence-electron chi connectivity index (χ3n) is 7.16. The summed E-state index contributed by atoms with van der Waals surface area (Å²) in [6, 6.07) is 8.32. The van der Waals surface area contributed by atoms with Crippen LogP contribution < -0.4 is 21.7 Å². The van der Waals surface area contributed by atoms with Gasteiger partial charge in [0.2, 0.25) is 11.8 Å². The average molecular weight is 457 g/mol. The summed E-state index contributed by atoms with van der Waals surface area (Å²) in [6.45, 7) is 1.63. The van der Waals surface area contributed by atoms with Crippen molar-refractivity contribution < 1.29 is 9.59 Å². The van der Waals surface area contributed by atoms with Crippen LogP contribution in [0.4, 0.5) is 11.4 Å². The van der Waals surface area contributed by atoms with E-state index in [1.165, 1.54) is 6.42 Å². The molecule has 2 amide bonds. The Labute approximate surface area is 191 Å². The molecule has 2 unspecified atom stereocenters. The molecule has 3 fully saturated rings. The fourth-order valence-corrected chi connectivity index (χ4v) is 5.45. The summed E-state index contributed by atoms with van der Waals surface area (Å²) in [5.41, 5.74) is 13.7. The van der Waals surface area contributed by atoms with Gasteiger partial charge >= 0.3 is 0 Å². The SMILES string of the molecule is Cl.Cl.NC(=O)C1CCN(c2cccc(NC(=O)C3CC4CCCC(C3)C4N)c2)CC1. The molecule has 2 aliphatic carbocycles. The van der Waals surface area contributed by atoms with Crippen LogP contribution in [-0.2, 0) is 9.59 Å². The third kappa shape index (κ3) is 5.40. The molecule has 0 spiro atoms. The number of halogens is 2. The van der Waals surface area contributed by atoms with E-state index < -0.39 is 0 Å². The fraction of sp³-hybridized carbons (Fsp3) is 0.636. The van der Waals surface area contributed by atoms with Gasteiger partial charge < -0.3 is 21.7 Å². The highest BCUT2D eigenvalue weighted by Crippen LogP contribution is 2.42. The molecule has 30 heavy (non-hydrogen) atoms. The van der Waals surface area contributed by atoms with Crippen LogP contribution in [-0.4, -0.2) is 30.9 Å². The van der Waals surface area contributed by atoms with Crippen molar-refractivity contribution in [1.82, 2.24) is 0 Å². The number of hydrogen-bond acceptors (Lipinski definition) is 4. The lowest BCUT2D eigenvalue weighted by atomic mass is 9.65. The van der Waals surface area contributed by atoms with Crippen molar-refractivity contribution in [2.75, 3.05) is 23.3 Å². The van der Waals surface area contributed by atoms with E-state index in [9.17, 15) is 9.59 Å². The van der Waals surface area contributed by atoms with Crippen LogP contribution in [0.1, 0.15) is 44.9 Å². The Morgan fingerprint density at radius 1 is 0.967 bits per heavy atom. The van der Waals surface area contributed by atoms with Crippen molar-refractivity contribution in [3.63, 3.8) is 0 Å². The van der Waals surface area contributed by atoms with E-state index in [4.69, 9.17) is 11.5 Å². The number of hydrogen-bond donors (Lipinski definition) is 3. The Morgan fingerprint density at radius 2 is 1.60 bits per heavy atom. The van der Waals surface area contributed by atoms with Crippen LogP contribution in [0.25, 0.3) is 0 Å². The zero-order chi connectivity index (χ0) is 19.7. The summed E-state index contributed by atoms with van der Waals surface area (Å²) >= 11 is 0. The zero-order valence-electron chi connectivity index (χ0n) is 17.3. The average Bonchev–Trinajstić information content (AvgIpc) is 2.68. The Bertz CT molecular complexity index is 726. The number of nitrogens with two attached hydrogens (primary N) is 2. The lowest BCUT2D eigenvalue weighted by Crippen LogP contribution is -2.48. The zero-order valence-corrected chi connectivity index (χ0v) is 18.9. The maximum absolute atomic E-state index is 12.9. The molecule has 8 heteroatoms. The van der Waals surface area contributed by atoms with Crippen LogP contribution in [0.2, 0.25) is 0 Å². The van der Waals surface area contributed by atoms with Gasteiger partial charge in [0.15, 0.2) is 0 Å². The minimum atomic E-state index is -0.197. The summed E-state index contributed by atoms with van der Waals surface area (Å²) in [6.07, 6.45) is 7.00. The smallest absolute Gasteiger partial charge is 0.227 e. The molecule has 3 aliphatic rings. The maximum Gasteiger partial charge on any atom is 0.227 e. The molecule has 1 aromatic carbocycles. The highest BCUT2D eigenvalue weighted by atomic mass is 35.5. The van der Waals surface area contributed by atoms with E-state index >= 15 is 0 Å². The van der Waals surface area contributed by atoms with Crippen molar-refractivity contribution in [1.29, 1.82) is 0 Å². The molecule has 0 radical (unpaired) electrons. The standard InChI is InChI=1S/C22H32N4O2.2ClH/c23-20-15-3-1-4-16(20)12-17(11-15)22(28)25-18-5-2-6-19(13-18)26-9-7-14(8-10-26)21(24)27;;/h2,5-6,13-17,20H,1,3-4,7-12,23H2,(H2,24,27)(H,25,28);2*1H. The van der Waals surface area contributed by atoms with Gasteiger partial charge in [-0.1, -0.05) is 12.5 Å². The van der Waals surface area contributed by atoms with Crippen molar-refractivity contribution in [3.8, 4) is 0 Å². The largest absolute Gasteiger partial charge is 0.371 e. The second-order valence-corrected chi connectivity index (χ2v) is 8.90. The molecule has 2 atom stereocenters. The monoisotopic (exact) mass is 456 g/mol. The van der Waals surface area contributed by atoms with E-state index in [1.807, 2.05) is 18.2 Å². The summed E-state index contributed by atoms with van der Waals surface area (Å²) in [5.74, 6) is 0.995. The highest BCUT2D eigenvalue weighted by Gasteiger charge is 2.40. The van der Waals surface area contributed by atoms with Crippen LogP contribution in [0, 0.1) is 23.7 Å². The molecule has 1 aromatic rings. The number of carbonyl (C=O) groups is 2. The van der Waals surface area contributed by atoms with Gasteiger partial charge in [0.05, 0.1) is 0 Å². The van der Waals surface area contributed by atoms with Gasteiger partial charge in [0.1, 0.15) is 0 Å². The van der Waals surface area contributed by atoms with Gasteiger partial charge in [-0.2, -0.15) is 0 Å². The second-order valence-electron chi connectivity index (χ2n) is 8.90. The number of benzene rings is 1. The predicted molar refractivity (Wildman–Crippen MR) is 125 cm³/mol. The molecule has 168 valence electrons. The van der Waals surface area contributed by atoms with Crippen molar-refractivity contribution >= 4 is 48.0 Å². The maximum atomic E-state index is 12.9. The number of anilines is 2. The molecule has 1 heterocycles.